The largest absolute Gasteiger partial charge is 0.445 e. The second kappa shape index (κ2) is 6.79. The van der Waals surface area contributed by atoms with Crippen LogP contribution in [0.2, 0.25) is 0 Å². The van der Waals surface area contributed by atoms with Crippen LogP contribution in [0.1, 0.15) is 18.4 Å². The minimum Gasteiger partial charge on any atom is -0.445 e. The van der Waals surface area contributed by atoms with Gasteiger partial charge >= 0.3 is 6.09 Å². The van der Waals surface area contributed by atoms with Crippen LogP contribution in [0.15, 0.2) is 30.3 Å². The highest BCUT2D eigenvalue weighted by Gasteiger charge is 2.40. The third kappa shape index (κ3) is 3.58. The van der Waals surface area contributed by atoms with E-state index in [-0.39, 0.29) is 12.2 Å². The first kappa shape index (κ1) is 14.9. The average Bonchev–Trinajstić information content (AvgIpc) is 2.95. The molecule has 5 heteroatoms. The van der Waals surface area contributed by atoms with Gasteiger partial charge in [-0.15, -0.1) is 0 Å². The van der Waals surface area contributed by atoms with Crippen LogP contribution in [0, 0.1) is 5.92 Å². The van der Waals surface area contributed by atoms with E-state index in [0.29, 0.717) is 25.2 Å². The Labute approximate surface area is 133 Å². The molecular weight excluding hydrogens is 334 g/mol. The number of fused-ring (bicyclic) bond motifs is 1. The predicted molar refractivity (Wildman–Crippen MR) is 83.4 cm³/mol. The van der Waals surface area contributed by atoms with E-state index in [1.807, 2.05) is 30.3 Å². The Morgan fingerprint density at radius 3 is 2.95 bits per heavy atom. The number of amides is 1. The Morgan fingerprint density at radius 1 is 1.38 bits per heavy atom. The number of likely N-dealkylation sites (tertiary alicyclic amines) is 1. The smallest absolute Gasteiger partial charge is 0.410 e. The molecule has 1 amide bonds. The molecule has 3 atom stereocenters. The zero-order chi connectivity index (χ0) is 14.7. The molecule has 21 heavy (non-hydrogen) atoms. The van der Waals surface area contributed by atoms with Gasteiger partial charge in [-0.3, -0.25) is 0 Å². The molecule has 0 N–H and O–H groups in total. The van der Waals surface area contributed by atoms with Gasteiger partial charge in [-0.1, -0.05) is 46.3 Å². The van der Waals surface area contributed by atoms with E-state index >= 15 is 0 Å². The number of carbonyl (C=O) groups is 1. The molecule has 0 radical (unpaired) electrons. The standard InChI is InChI=1S/C16H20BrNO3/c17-9-14-8-13-6-7-18(10-15(13)21-14)16(19)20-11-12-4-2-1-3-5-12/h1-5,13-15H,6-11H2/t13-,14?,15-/m1/s1. The fraction of sp³-hybridized carbons (Fsp3) is 0.562. The number of alkyl halides is 1. The van der Waals surface area contributed by atoms with Crippen LogP contribution >= 0.6 is 15.9 Å². The molecule has 0 spiro atoms. The zero-order valence-corrected chi connectivity index (χ0v) is 13.5. The molecule has 1 aromatic rings. The van der Waals surface area contributed by atoms with Gasteiger partial charge in [0.1, 0.15) is 6.61 Å². The Morgan fingerprint density at radius 2 is 2.19 bits per heavy atom. The molecule has 0 aliphatic carbocycles. The highest BCUT2D eigenvalue weighted by atomic mass is 79.9. The third-order valence-electron chi connectivity index (χ3n) is 4.26. The second-order valence-corrected chi connectivity index (χ2v) is 6.37. The van der Waals surface area contributed by atoms with Crippen molar-refractivity contribution < 1.29 is 14.3 Å². The van der Waals surface area contributed by atoms with Gasteiger partial charge in [0, 0.05) is 11.9 Å². The quantitative estimate of drug-likeness (QED) is 0.783. The lowest BCUT2D eigenvalue weighted by Crippen LogP contribution is -2.45. The van der Waals surface area contributed by atoms with Crippen LogP contribution in [0.3, 0.4) is 0 Å². The number of hydrogen-bond donors (Lipinski definition) is 0. The lowest BCUT2D eigenvalue weighted by Gasteiger charge is -2.33. The highest BCUT2D eigenvalue weighted by molar-refractivity contribution is 9.09. The van der Waals surface area contributed by atoms with Crippen molar-refractivity contribution in [1.82, 2.24) is 4.90 Å². The number of benzene rings is 1. The van der Waals surface area contributed by atoms with Crippen molar-refractivity contribution >= 4 is 22.0 Å². The molecule has 114 valence electrons. The lowest BCUT2D eigenvalue weighted by atomic mass is 9.92. The molecule has 0 saturated carbocycles. The number of ether oxygens (including phenoxy) is 2. The topological polar surface area (TPSA) is 38.8 Å². The maximum Gasteiger partial charge on any atom is 0.410 e. The molecule has 3 rings (SSSR count). The van der Waals surface area contributed by atoms with E-state index in [0.717, 1.165) is 30.3 Å². The average molecular weight is 354 g/mol. The molecular formula is C16H20BrNO3. The first-order valence-corrected chi connectivity index (χ1v) is 8.55. The van der Waals surface area contributed by atoms with E-state index in [1.54, 1.807) is 4.90 Å². The lowest BCUT2D eigenvalue weighted by molar-refractivity contribution is -0.00194. The molecule has 0 bridgehead atoms. The number of halogens is 1. The summed E-state index contributed by atoms with van der Waals surface area (Å²) in [6.07, 6.45) is 2.34. The summed E-state index contributed by atoms with van der Waals surface area (Å²) in [6.45, 7) is 1.75. The summed E-state index contributed by atoms with van der Waals surface area (Å²) < 4.78 is 11.4. The number of piperidine rings is 1. The summed E-state index contributed by atoms with van der Waals surface area (Å²) in [6, 6.07) is 9.76. The van der Waals surface area contributed by atoms with Crippen LogP contribution in [-0.4, -0.2) is 41.6 Å². The fourth-order valence-electron chi connectivity index (χ4n) is 3.11. The van der Waals surface area contributed by atoms with E-state index in [9.17, 15) is 4.79 Å². The Bertz CT molecular complexity index is 482. The monoisotopic (exact) mass is 353 g/mol. The predicted octanol–water partition coefficient (Wildman–Crippen LogP) is 3.20. The summed E-state index contributed by atoms with van der Waals surface area (Å²) in [5.41, 5.74) is 1.01. The fourth-order valence-corrected chi connectivity index (χ4v) is 3.52. The van der Waals surface area contributed by atoms with Crippen LogP contribution in [0.25, 0.3) is 0 Å². The van der Waals surface area contributed by atoms with Gasteiger partial charge in [0.05, 0.1) is 18.8 Å². The van der Waals surface area contributed by atoms with Crippen LogP contribution in [0.4, 0.5) is 4.79 Å². The Kier molecular flexibility index (Phi) is 4.80. The number of nitrogens with zero attached hydrogens (tertiary/aromatic N) is 1. The number of rotatable bonds is 3. The van der Waals surface area contributed by atoms with Gasteiger partial charge in [-0.25, -0.2) is 4.79 Å². The van der Waals surface area contributed by atoms with Gasteiger partial charge < -0.3 is 14.4 Å². The Balaban J connectivity index is 1.50. The maximum absolute atomic E-state index is 12.1. The van der Waals surface area contributed by atoms with E-state index in [2.05, 4.69) is 15.9 Å². The summed E-state index contributed by atoms with van der Waals surface area (Å²) >= 11 is 3.47. The van der Waals surface area contributed by atoms with Crippen molar-refractivity contribution in [2.75, 3.05) is 18.4 Å². The van der Waals surface area contributed by atoms with Gasteiger partial charge in [0.15, 0.2) is 0 Å². The number of hydrogen-bond acceptors (Lipinski definition) is 3. The zero-order valence-electron chi connectivity index (χ0n) is 11.9. The molecule has 2 heterocycles. The van der Waals surface area contributed by atoms with Crippen molar-refractivity contribution in [2.45, 2.75) is 31.7 Å². The van der Waals surface area contributed by atoms with Crippen LogP contribution < -0.4 is 0 Å². The normalized spacial score (nSPS) is 28.2. The van der Waals surface area contributed by atoms with Crippen molar-refractivity contribution in [1.29, 1.82) is 0 Å². The van der Waals surface area contributed by atoms with Crippen molar-refractivity contribution in [2.24, 2.45) is 5.92 Å². The minimum atomic E-state index is -0.233. The Hall–Kier alpha value is -1.07. The first-order valence-electron chi connectivity index (χ1n) is 7.43. The van der Waals surface area contributed by atoms with Gasteiger partial charge in [-0.05, 0) is 24.3 Å². The second-order valence-electron chi connectivity index (χ2n) is 5.72. The summed E-state index contributed by atoms with van der Waals surface area (Å²) in [4.78, 5) is 13.9. The molecule has 2 aliphatic rings. The van der Waals surface area contributed by atoms with Gasteiger partial charge in [0.2, 0.25) is 0 Å². The SMILES string of the molecule is O=C(OCc1ccccc1)N1CC[C@@H]2CC(CBr)O[C@@H]2C1. The van der Waals surface area contributed by atoms with E-state index < -0.39 is 0 Å². The molecule has 2 saturated heterocycles. The van der Waals surface area contributed by atoms with Crippen molar-refractivity contribution in [3.8, 4) is 0 Å². The maximum atomic E-state index is 12.1. The van der Waals surface area contributed by atoms with Gasteiger partial charge in [0.25, 0.3) is 0 Å². The third-order valence-corrected chi connectivity index (χ3v) is 4.99. The molecule has 2 fully saturated rings. The summed E-state index contributed by atoms with van der Waals surface area (Å²) in [7, 11) is 0. The van der Waals surface area contributed by atoms with Gasteiger partial charge in [-0.2, -0.15) is 0 Å². The van der Waals surface area contributed by atoms with Crippen molar-refractivity contribution in [3.63, 3.8) is 0 Å². The van der Waals surface area contributed by atoms with Crippen LogP contribution in [-0.2, 0) is 16.1 Å². The summed E-state index contributed by atoms with van der Waals surface area (Å²) in [5, 5.41) is 0.873. The van der Waals surface area contributed by atoms with Crippen molar-refractivity contribution in [3.05, 3.63) is 35.9 Å². The molecule has 1 aromatic carbocycles. The first-order chi connectivity index (χ1) is 10.3. The summed E-state index contributed by atoms with van der Waals surface area (Å²) in [5.74, 6) is 0.589. The number of carbonyl (C=O) groups excluding carboxylic acids is 1. The highest BCUT2D eigenvalue weighted by Crippen LogP contribution is 2.34. The van der Waals surface area contributed by atoms with E-state index in [4.69, 9.17) is 9.47 Å². The van der Waals surface area contributed by atoms with E-state index in [1.165, 1.54) is 0 Å². The molecule has 1 unspecified atom stereocenters. The van der Waals surface area contributed by atoms with Crippen LogP contribution in [0.5, 0.6) is 0 Å². The minimum absolute atomic E-state index is 0.172. The molecule has 4 nitrogen and oxygen atoms in total. The molecule has 0 aromatic heterocycles. The molecule has 2 aliphatic heterocycles.